The fraction of sp³-hybridized carbons (Fsp3) is 0.545. The minimum Gasteiger partial charge on any atom is -0.449 e. The van der Waals surface area contributed by atoms with Crippen LogP contribution in [0.15, 0.2) is 65.8 Å². The number of benzene rings is 2. The molecule has 52 heavy (non-hydrogen) atoms. The lowest BCUT2D eigenvalue weighted by molar-refractivity contribution is -0.285. The van der Waals surface area contributed by atoms with E-state index in [4.69, 9.17) is 18.9 Å². The van der Waals surface area contributed by atoms with Gasteiger partial charge in [0.1, 0.15) is 22.7 Å². The first kappa shape index (κ1) is 36.2. The molecule has 2 aliphatic heterocycles. The summed E-state index contributed by atoms with van der Waals surface area (Å²) in [5.41, 5.74) is 0.0586. The van der Waals surface area contributed by atoms with Gasteiger partial charge in [0, 0.05) is 35.0 Å². The Hall–Kier alpha value is -4.20. The average molecular weight is 709 g/mol. The van der Waals surface area contributed by atoms with Gasteiger partial charge in [0.2, 0.25) is 0 Å². The second-order valence-electron chi connectivity index (χ2n) is 15.5. The zero-order valence-electron chi connectivity index (χ0n) is 30.8. The lowest BCUT2D eigenvalue weighted by Crippen LogP contribution is -2.75. The van der Waals surface area contributed by atoms with Crippen LogP contribution in [0.1, 0.15) is 141 Å². The Morgan fingerprint density at radius 2 is 1.38 bits per heavy atom. The molecule has 3 aliphatic carbocycles. The van der Waals surface area contributed by atoms with Crippen molar-refractivity contribution in [1.29, 1.82) is 0 Å². The molecular weight excluding hydrogens is 656 g/mol. The number of rotatable bonds is 12. The quantitative estimate of drug-likeness (QED) is 0.0929. The number of cyclic esters (lactones) is 1. The molecule has 5 aliphatic rings. The van der Waals surface area contributed by atoms with Crippen LogP contribution in [0.4, 0.5) is 0 Å². The highest BCUT2D eigenvalue weighted by Crippen LogP contribution is 2.83. The summed E-state index contributed by atoms with van der Waals surface area (Å²) in [6.07, 6.45) is 17.0. The molecular formula is C44H52O8. The van der Waals surface area contributed by atoms with Gasteiger partial charge in [-0.2, -0.15) is 0 Å². The van der Waals surface area contributed by atoms with Crippen molar-refractivity contribution in [3.63, 3.8) is 0 Å². The zero-order chi connectivity index (χ0) is 36.3. The Morgan fingerprint density at radius 3 is 2.04 bits per heavy atom. The van der Waals surface area contributed by atoms with E-state index < -0.39 is 22.3 Å². The first-order valence-corrected chi connectivity index (χ1v) is 19.8. The molecule has 0 radical (unpaired) electrons. The van der Waals surface area contributed by atoms with Crippen molar-refractivity contribution in [2.75, 3.05) is 0 Å². The normalized spacial score (nSPS) is 26.0. The van der Waals surface area contributed by atoms with E-state index in [9.17, 15) is 19.2 Å². The van der Waals surface area contributed by atoms with E-state index in [2.05, 4.69) is 13.8 Å². The van der Waals surface area contributed by atoms with Crippen LogP contribution < -0.4 is 9.47 Å². The minimum absolute atomic E-state index is 0.286. The monoisotopic (exact) mass is 708 g/mol. The van der Waals surface area contributed by atoms with Gasteiger partial charge in [0.25, 0.3) is 0 Å². The lowest BCUT2D eigenvalue weighted by Gasteiger charge is -2.70. The first-order valence-electron chi connectivity index (χ1n) is 19.8. The third-order valence-corrected chi connectivity index (χ3v) is 12.4. The maximum atomic E-state index is 14.8. The Kier molecular flexibility index (Phi) is 10.5. The fourth-order valence-corrected chi connectivity index (χ4v) is 10.1. The molecule has 0 amide bonds. The van der Waals surface area contributed by atoms with E-state index in [1.807, 2.05) is 30.3 Å². The number of carbonyl (C=O) groups excluding carboxylic acids is 4. The molecule has 0 aromatic heterocycles. The van der Waals surface area contributed by atoms with Gasteiger partial charge in [-0.05, 0) is 81.7 Å². The minimum atomic E-state index is -1.14. The van der Waals surface area contributed by atoms with E-state index in [1.165, 1.54) is 0 Å². The highest BCUT2D eigenvalue weighted by Gasteiger charge is 2.89. The van der Waals surface area contributed by atoms with Crippen LogP contribution in [-0.2, 0) is 34.3 Å². The van der Waals surface area contributed by atoms with Crippen molar-refractivity contribution >= 4 is 29.6 Å². The Balaban J connectivity index is 1.33. The smallest absolute Gasteiger partial charge is 0.335 e. The van der Waals surface area contributed by atoms with Crippen LogP contribution in [0.2, 0.25) is 0 Å². The zero-order valence-corrected chi connectivity index (χ0v) is 30.8. The molecule has 276 valence electrons. The largest absolute Gasteiger partial charge is 0.449 e. The summed E-state index contributed by atoms with van der Waals surface area (Å²) in [5.74, 6) is -0.656. The van der Waals surface area contributed by atoms with Crippen LogP contribution in [0.3, 0.4) is 0 Å². The number of hydrogen-bond donors (Lipinski definition) is 0. The molecule has 2 aromatic rings. The number of allylic oxidation sites excluding steroid dienone is 1. The van der Waals surface area contributed by atoms with E-state index in [0.717, 1.165) is 101 Å². The number of unbranched alkanes of at least 4 members (excludes halogenated alkanes) is 4. The van der Waals surface area contributed by atoms with E-state index in [0.29, 0.717) is 54.1 Å². The summed E-state index contributed by atoms with van der Waals surface area (Å²) in [5, 5.41) is 0. The van der Waals surface area contributed by atoms with Crippen LogP contribution in [0.5, 0.6) is 11.5 Å². The standard InChI is InChI=1S/C44H52O8/c1-3-5-9-23-36(45)49-33-21-15-19-31(27-33)35-29-43(41(48)51-35)39-38(30-17-11-7-12-18-30)40(47)52-44(39,42(43)25-13-8-14-26-42)32-20-16-22-34(28-32)50-37(46)24-10-6-4-2/h15-16,19-22,27-29,39H,3-14,17-18,23-26H2,1-2H3. The second-order valence-corrected chi connectivity index (χ2v) is 15.5. The summed E-state index contributed by atoms with van der Waals surface area (Å²) in [6, 6.07) is 14.6. The van der Waals surface area contributed by atoms with Crippen molar-refractivity contribution in [2.24, 2.45) is 16.7 Å². The van der Waals surface area contributed by atoms with Gasteiger partial charge in [0.15, 0.2) is 5.60 Å². The van der Waals surface area contributed by atoms with Crippen molar-refractivity contribution < 1.29 is 38.1 Å². The second kappa shape index (κ2) is 15.0. The van der Waals surface area contributed by atoms with Crippen LogP contribution in [-0.4, -0.2) is 23.9 Å². The SMILES string of the molecule is CCCCCC(=O)Oc1cccc(C2=CC3(C(=O)O2)C2C(=C4CCCCC4)C(=O)OC2(c2cccc(OC(=O)CCCCC)c2)C32CCCCC2)c1. The van der Waals surface area contributed by atoms with Crippen molar-refractivity contribution in [1.82, 2.24) is 0 Å². The summed E-state index contributed by atoms with van der Waals surface area (Å²) < 4.78 is 24.6. The number of esters is 4. The average Bonchev–Trinajstić information content (AvgIpc) is 3.67. The molecule has 2 spiro atoms. The molecule has 3 unspecified atom stereocenters. The maximum absolute atomic E-state index is 14.8. The van der Waals surface area contributed by atoms with Crippen molar-refractivity contribution in [2.45, 2.75) is 135 Å². The topological polar surface area (TPSA) is 105 Å². The summed E-state index contributed by atoms with van der Waals surface area (Å²) >= 11 is 0. The molecule has 0 N–H and O–H groups in total. The third-order valence-electron chi connectivity index (χ3n) is 12.4. The number of fused-ring (bicyclic) bond motifs is 4. The van der Waals surface area contributed by atoms with Crippen LogP contribution in [0, 0.1) is 16.7 Å². The summed E-state index contributed by atoms with van der Waals surface area (Å²) in [4.78, 5) is 54.6. The lowest BCUT2D eigenvalue weighted by atomic mass is 9.31. The maximum Gasteiger partial charge on any atom is 0.335 e. The number of hydrogen-bond acceptors (Lipinski definition) is 8. The van der Waals surface area contributed by atoms with Gasteiger partial charge in [0.05, 0.1) is 5.92 Å². The van der Waals surface area contributed by atoms with E-state index in [-0.39, 0.29) is 23.9 Å². The van der Waals surface area contributed by atoms with Gasteiger partial charge in [-0.25, -0.2) is 4.79 Å². The molecule has 3 saturated carbocycles. The van der Waals surface area contributed by atoms with E-state index >= 15 is 0 Å². The molecule has 3 atom stereocenters. The predicted molar refractivity (Wildman–Crippen MR) is 196 cm³/mol. The summed E-state index contributed by atoms with van der Waals surface area (Å²) in [6.45, 7) is 4.19. The van der Waals surface area contributed by atoms with Gasteiger partial charge in [-0.1, -0.05) is 95.1 Å². The number of carbonyl (C=O) groups is 4. The third kappa shape index (κ3) is 6.00. The molecule has 8 nitrogen and oxygen atoms in total. The summed E-state index contributed by atoms with van der Waals surface area (Å²) in [7, 11) is 0. The van der Waals surface area contributed by atoms with Crippen LogP contribution >= 0.6 is 0 Å². The Bertz CT molecular complexity index is 1770. The number of ether oxygens (including phenoxy) is 4. The molecule has 1 saturated heterocycles. The molecule has 7 rings (SSSR count). The van der Waals surface area contributed by atoms with Crippen molar-refractivity contribution in [3.05, 3.63) is 76.9 Å². The fourth-order valence-electron chi connectivity index (χ4n) is 10.1. The van der Waals surface area contributed by atoms with Gasteiger partial charge >= 0.3 is 23.9 Å². The predicted octanol–water partition coefficient (Wildman–Crippen LogP) is 9.84. The van der Waals surface area contributed by atoms with Gasteiger partial charge < -0.3 is 18.9 Å². The molecule has 0 bridgehead atoms. The molecule has 4 fully saturated rings. The highest BCUT2D eigenvalue weighted by atomic mass is 16.6. The van der Waals surface area contributed by atoms with Gasteiger partial charge in [-0.15, -0.1) is 0 Å². The van der Waals surface area contributed by atoms with E-state index in [1.54, 1.807) is 24.3 Å². The molecule has 2 heterocycles. The Morgan fingerprint density at radius 1 is 0.769 bits per heavy atom. The first-order chi connectivity index (χ1) is 25.3. The molecule has 8 heteroatoms. The van der Waals surface area contributed by atoms with Crippen molar-refractivity contribution in [3.8, 4) is 11.5 Å². The Labute approximate surface area is 307 Å². The highest BCUT2D eigenvalue weighted by molar-refractivity contribution is 6.02. The van der Waals surface area contributed by atoms with Crippen LogP contribution in [0.25, 0.3) is 5.76 Å². The molecule has 2 aromatic carbocycles. The van der Waals surface area contributed by atoms with Gasteiger partial charge in [-0.3, -0.25) is 14.4 Å².